The molecule has 0 aliphatic carbocycles. The van der Waals surface area contributed by atoms with Crippen molar-refractivity contribution >= 4 is 0 Å². The normalized spacial score (nSPS) is 12.2. The van der Waals surface area contributed by atoms with Crippen LogP contribution in [0, 0.1) is 0 Å². The van der Waals surface area contributed by atoms with Gasteiger partial charge in [-0.25, -0.2) is 0 Å². The average Bonchev–Trinajstić information content (AvgIpc) is 2.90. The van der Waals surface area contributed by atoms with Crippen LogP contribution in [0.4, 0.5) is 0 Å². The minimum atomic E-state index is -0.734. The summed E-state index contributed by atoms with van der Waals surface area (Å²) < 4.78 is 15.7. The fourth-order valence-corrected chi connectivity index (χ4v) is 1.93. The fourth-order valence-electron chi connectivity index (χ4n) is 1.93. The van der Waals surface area contributed by atoms with Crippen molar-refractivity contribution in [2.45, 2.75) is 12.5 Å². The maximum Gasteiger partial charge on any atom is 0.128 e. The van der Waals surface area contributed by atoms with Crippen molar-refractivity contribution in [3.63, 3.8) is 0 Å². The molecule has 0 amide bonds. The van der Waals surface area contributed by atoms with Crippen LogP contribution in [0.3, 0.4) is 0 Å². The van der Waals surface area contributed by atoms with Crippen LogP contribution in [0.15, 0.2) is 41.0 Å². The van der Waals surface area contributed by atoms with E-state index in [0.717, 1.165) is 5.76 Å². The molecule has 4 nitrogen and oxygen atoms in total. The van der Waals surface area contributed by atoms with E-state index in [0.29, 0.717) is 23.5 Å². The van der Waals surface area contributed by atoms with Crippen molar-refractivity contribution in [1.82, 2.24) is 0 Å². The third-order valence-electron chi connectivity index (χ3n) is 2.77. The molecule has 2 aromatic rings. The van der Waals surface area contributed by atoms with Gasteiger partial charge in [0.1, 0.15) is 17.3 Å². The summed E-state index contributed by atoms with van der Waals surface area (Å²) in [6.07, 6.45) is 1.23. The highest BCUT2D eigenvalue weighted by atomic mass is 16.5. The topological polar surface area (TPSA) is 51.8 Å². The molecule has 1 N–H and O–H groups in total. The molecule has 0 aliphatic rings. The van der Waals surface area contributed by atoms with Crippen molar-refractivity contribution in [2.75, 3.05) is 14.2 Å². The Labute approximate surface area is 106 Å². The van der Waals surface area contributed by atoms with Gasteiger partial charge in [0.15, 0.2) is 0 Å². The maximum absolute atomic E-state index is 10.3. The van der Waals surface area contributed by atoms with E-state index >= 15 is 0 Å². The number of hydrogen-bond acceptors (Lipinski definition) is 4. The molecule has 0 bridgehead atoms. The first-order valence-corrected chi connectivity index (χ1v) is 5.67. The van der Waals surface area contributed by atoms with Crippen LogP contribution in [0.5, 0.6) is 11.5 Å². The molecule has 1 aromatic heterocycles. The number of furan rings is 1. The first-order valence-electron chi connectivity index (χ1n) is 5.67. The zero-order chi connectivity index (χ0) is 13.0. The van der Waals surface area contributed by atoms with Gasteiger partial charge in [-0.3, -0.25) is 0 Å². The van der Waals surface area contributed by atoms with Crippen molar-refractivity contribution in [2.24, 2.45) is 0 Å². The molecule has 0 radical (unpaired) electrons. The van der Waals surface area contributed by atoms with E-state index in [-0.39, 0.29) is 0 Å². The monoisotopic (exact) mass is 248 g/mol. The van der Waals surface area contributed by atoms with E-state index in [1.165, 1.54) is 0 Å². The number of aliphatic hydroxyl groups is 1. The van der Waals surface area contributed by atoms with Crippen LogP contribution in [0.25, 0.3) is 0 Å². The quantitative estimate of drug-likeness (QED) is 0.883. The summed E-state index contributed by atoms with van der Waals surface area (Å²) in [5.41, 5.74) is 0.638. The van der Waals surface area contributed by atoms with Crippen molar-refractivity contribution in [3.05, 3.63) is 47.9 Å². The fraction of sp³-hybridized carbons (Fsp3) is 0.286. The minimum absolute atomic E-state index is 0.379. The van der Waals surface area contributed by atoms with Crippen LogP contribution >= 0.6 is 0 Å². The van der Waals surface area contributed by atoms with Gasteiger partial charge < -0.3 is 19.0 Å². The summed E-state index contributed by atoms with van der Waals surface area (Å²) in [6, 6.07) is 9.03. The molecule has 0 aliphatic heterocycles. The molecule has 4 heteroatoms. The standard InChI is InChI=1S/C14H16O4/c1-16-12-6-3-7-13(17-2)14(12)11(15)9-10-5-4-8-18-10/h3-8,11,15H,9H2,1-2H3. The van der Waals surface area contributed by atoms with E-state index in [9.17, 15) is 5.11 Å². The second kappa shape index (κ2) is 5.60. The lowest BCUT2D eigenvalue weighted by Gasteiger charge is -2.17. The zero-order valence-corrected chi connectivity index (χ0v) is 10.4. The van der Waals surface area contributed by atoms with Gasteiger partial charge in [0.2, 0.25) is 0 Å². The first kappa shape index (κ1) is 12.5. The Balaban J connectivity index is 2.30. The second-order valence-electron chi connectivity index (χ2n) is 3.88. The predicted molar refractivity (Wildman–Crippen MR) is 66.9 cm³/mol. The SMILES string of the molecule is COc1cccc(OC)c1C(O)Cc1ccco1. The zero-order valence-electron chi connectivity index (χ0n) is 10.4. The highest BCUT2D eigenvalue weighted by molar-refractivity contribution is 5.46. The van der Waals surface area contributed by atoms with Crippen LogP contribution in [0.1, 0.15) is 17.4 Å². The third kappa shape index (κ3) is 2.49. The molecule has 1 aromatic carbocycles. The molecule has 1 heterocycles. The number of methoxy groups -OCH3 is 2. The summed E-state index contributed by atoms with van der Waals surface area (Å²) in [4.78, 5) is 0. The molecule has 0 saturated carbocycles. The van der Waals surface area contributed by atoms with Crippen LogP contribution in [-0.2, 0) is 6.42 Å². The Morgan fingerprint density at radius 1 is 1.11 bits per heavy atom. The van der Waals surface area contributed by atoms with Gasteiger partial charge >= 0.3 is 0 Å². The number of aliphatic hydroxyl groups excluding tert-OH is 1. The number of ether oxygens (including phenoxy) is 2. The Morgan fingerprint density at radius 3 is 2.28 bits per heavy atom. The van der Waals surface area contributed by atoms with Gasteiger partial charge in [-0.05, 0) is 24.3 Å². The number of hydrogen-bond donors (Lipinski definition) is 1. The maximum atomic E-state index is 10.3. The van der Waals surface area contributed by atoms with Gasteiger partial charge in [-0.15, -0.1) is 0 Å². The number of rotatable bonds is 5. The number of benzene rings is 1. The van der Waals surface area contributed by atoms with Gasteiger partial charge in [0.05, 0.1) is 32.2 Å². The molecule has 96 valence electrons. The van der Waals surface area contributed by atoms with Crippen LogP contribution in [-0.4, -0.2) is 19.3 Å². The Bertz CT molecular complexity index is 468. The smallest absolute Gasteiger partial charge is 0.128 e. The lowest BCUT2D eigenvalue weighted by atomic mass is 10.0. The predicted octanol–water partition coefficient (Wildman–Crippen LogP) is 2.57. The highest BCUT2D eigenvalue weighted by Crippen LogP contribution is 2.35. The Hall–Kier alpha value is -1.94. The molecule has 0 saturated heterocycles. The second-order valence-corrected chi connectivity index (χ2v) is 3.88. The molecule has 0 fully saturated rings. The summed E-state index contributed by atoms with van der Waals surface area (Å²) in [7, 11) is 3.13. The third-order valence-corrected chi connectivity index (χ3v) is 2.77. The van der Waals surface area contributed by atoms with Crippen molar-refractivity contribution in [3.8, 4) is 11.5 Å². The van der Waals surface area contributed by atoms with E-state index in [2.05, 4.69) is 0 Å². The largest absolute Gasteiger partial charge is 0.496 e. The van der Waals surface area contributed by atoms with Gasteiger partial charge in [0, 0.05) is 6.42 Å². The molecular weight excluding hydrogens is 232 g/mol. The summed E-state index contributed by atoms with van der Waals surface area (Å²) >= 11 is 0. The van der Waals surface area contributed by atoms with E-state index in [1.54, 1.807) is 38.7 Å². The molecule has 2 rings (SSSR count). The van der Waals surface area contributed by atoms with Crippen LogP contribution in [0.2, 0.25) is 0 Å². The minimum Gasteiger partial charge on any atom is -0.496 e. The van der Waals surface area contributed by atoms with Gasteiger partial charge in [0.25, 0.3) is 0 Å². The molecule has 1 unspecified atom stereocenters. The van der Waals surface area contributed by atoms with E-state index < -0.39 is 6.10 Å². The summed E-state index contributed by atoms with van der Waals surface area (Å²) in [5.74, 6) is 1.93. The average molecular weight is 248 g/mol. The van der Waals surface area contributed by atoms with Gasteiger partial charge in [-0.2, -0.15) is 0 Å². The van der Waals surface area contributed by atoms with E-state index in [1.807, 2.05) is 12.1 Å². The molecule has 0 spiro atoms. The first-order chi connectivity index (χ1) is 8.76. The Kier molecular flexibility index (Phi) is 3.89. The lowest BCUT2D eigenvalue weighted by molar-refractivity contribution is 0.162. The van der Waals surface area contributed by atoms with Crippen molar-refractivity contribution in [1.29, 1.82) is 0 Å². The van der Waals surface area contributed by atoms with Crippen LogP contribution < -0.4 is 9.47 Å². The molecule has 18 heavy (non-hydrogen) atoms. The summed E-state index contributed by atoms with van der Waals surface area (Å²) in [5, 5.41) is 10.3. The van der Waals surface area contributed by atoms with Gasteiger partial charge in [-0.1, -0.05) is 6.07 Å². The van der Waals surface area contributed by atoms with Crippen molar-refractivity contribution < 1.29 is 19.0 Å². The lowest BCUT2D eigenvalue weighted by Crippen LogP contribution is -2.06. The Morgan fingerprint density at radius 2 is 1.78 bits per heavy atom. The highest BCUT2D eigenvalue weighted by Gasteiger charge is 2.19. The molecular formula is C14H16O4. The molecule has 1 atom stereocenters. The summed E-state index contributed by atoms with van der Waals surface area (Å²) in [6.45, 7) is 0. The van der Waals surface area contributed by atoms with E-state index in [4.69, 9.17) is 13.9 Å².